The molecule has 0 aromatic rings. The summed E-state index contributed by atoms with van der Waals surface area (Å²) in [6.07, 6.45) is 14.8. The first-order valence-electron chi connectivity index (χ1n) is 8.53. The van der Waals surface area contributed by atoms with Crippen molar-refractivity contribution in [1.29, 1.82) is 0 Å². The van der Waals surface area contributed by atoms with Crippen LogP contribution in [0.15, 0.2) is 11.8 Å². The molecular weight excluding hydrogens is 232 g/mol. The molecule has 2 heteroatoms. The van der Waals surface area contributed by atoms with Gasteiger partial charge >= 0.3 is 0 Å². The third-order valence-electron chi connectivity index (χ3n) is 3.74. The van der Waals surface area contributed by atoms with Gasteiger partial charge in [-0.05, 0) is 64.5 Å². The molecule has 2 nitrogen and oxygen atoms in total. The van der Waals surface area contributed by atoms with E-state index in [1.807, 2.05) is 0 Å². The van der Waals surface area contributed by atoms with Gasteiger partial charge in [0.2, 0.25) is 0 Å². The van der Waals surface area contributed by atoms with Gasteiger partial charge in [0.25, 0.3) is 0 Å². The Labute approximate surface area is 120 Å². The maximum absolute atomic E-state index is 3.22. The summed E-state index contributed by atoms with van der Waals surface area (Å²) in [5, 5.41) is 3.22. The number of allylic oxidation sites excluding steroid dienone is 2. The van der Waals surface area contributed by atoms with Crippen molar-refractivity contribution < 1.29 is 0 Å². The van der Waals surface area contributed by atoms with Crippen molar-refractivity contribution in [2.24, 2.45) is 0 Å². The molecule has 0 unspecified atom stereocenters. The molecule has 112 valence electrons. The highest BCUT2D eigenvalue weighted by Gasteiger charge is 2.15. The first-order valence-corrected chi connectivity index (χ1v) is 8.53. The van der Waals surface area contributed by atoms with E-state index in [4.69, 9.17) is 0 Å². The highest BCUT2D eigenvalue weighted by atomic mass is 15.1. The predicted octanol–water partition coefficient (Wildman–Crippen LogP) is 4.33. The molecule has 0 spiro atoms. The smallest absolute Gasteiger partial charge is 0.0175 e. The zero-order chi connectivity index (χ0) is 13.8. The van der Waals surface area contributed by atoms with Gasteiger partial charge in [0, 0.05) is 18.8 Å². The quantitative estimate of drug-likeness (QED) is 0.760. The summed E-state index contributed by atoms with van der Waals surface area (Å²) in [5.74, 6) is 0. The minimum atomic E-state index is 1.25. The highest BCUT2D eigenvalue weighted by molar-refractivity contribution is 5.05. The minimum Gasteiger partial charge on any atom is -0.375 e. The van der Waals surface area contributed by atoms with Crippen molar-refractivity contribution in [2.45, 2.75) is 71.6 Å². The topological polar surface area (TPSA) is 15.3 Å². The number of likely N-dealkylation sites (tertiary alicyclic amines) is 1. The van der Waals surface area contributed by atoms with E-state index in [2.05, 4.69) is 30.1 Å². The second kappa shape index (κ2) is 11.3. The van der Waals surface area contributed by atoms with Gasteiger partial charge in [0.15, 0.2) is 0 Å². The van der Waals surface area contributed by atoms with Crippen LogP contribution in [0.5, 0.6) is 0 Å². The van der Waals surface area contributed by atoms with Crippen LogP contribution in [0.4, 0.5) is 0 Å². The van der Waals surface area contributed by atoms with E-state index in [-0.39, 0.29) is 0 Å². The SMILES string of the molecule is C1=C(N2CCCC2)CCCC1.C1CCNC1.CCC. The summed E-state index contributed by atoms with van der Waals surface area (Å²) < 4.78 is 0. The lowest BCUT2D eigenvalue weighted by Gasteiger charge is -2.24. The van der Waals surface area contributed by atoms with Crippen molar-refractivity contribution >= 4 is 0 Å². The Morgan fingerprint density at radius 2 is 1.58 bits per heavy atom. The molecule has 0 atom stereocenters. The van der Waals surface area contributed by atoms with E-state index in [9.17, 15) is 0 Å². The average molecular weight is 266 g/mol. The average Bonchev–Trinajstić information content (AvgIpc) is 3.17. The summed E-state index contributed by atoms with van der Waals surface area (Å²) in [7, 11) is 0. The van der Waals surface area contributed by atoms with E-state index in [0.29, 0.717) is 0 Å². The van der Waals surface area contributed by atoms with Crippen LogP contribution in [0, 0.1) is 0 Å². The standard InChI is InChI=1S/C10H17N.C4H9N.C3H8/c1-2-6-10(7-3-1)11-8-4-5-9-11;1-2-4-5-3-1;1-3-2/h6H,1-5,7-9H2;5H,1-4H2;3H2,1-2H3. The summed E-state index contributed by atoms with van der Waals surface area (Å²) in [4.78, 5) is 2.58. The number of hydrogen-bond donors (Lipinski definition) is 1. The van der Waals surface area contributed by atoms with Crippen LogP contribution in [0.2, 0.25) is 0 Å². The molecule has 1 aliphatic carbocycles. The Bertz CT molecular complexity index is 218. The van der Waals surface area contributed by atoms with Gasteiger partial charge in [-0.25, -0.2) is 0 Å². The summed E-state index contributed by atoms with van der Waals surface area (Å²) >= 11 is 0. The molecule has 0 aromatic heterocycles. The zero-order valence-corrected chi connectivity index (χ0v) is 13.2. The van der Waals surface area contributed by atoms with Crippen LogP contribution in [-0.2, 0) is 0 Å². The van der Waals surface area contributed by atoms with E-state index in [1.54, 1.807) is 5.70 Å². The van der Waals surface area contributed by atoms with Gasteiger partial charge in [-0.15, -0.1) is 0 Å². The van der Waals surface area contributed by atoms with Crippen molar-refractivity contribution in [3.8, 4) is 0 Å². The second-order valence-corrected chi connectivity index (χ2v) is 5.80. The van der Waals surface area contributed by atoms with E-state index >= 15 is 0 Å². The van der Waals surface area contributed by atoms with Crippen LogP contribution in [0.25, 0.3) is 0 Å². The molecule has 19 heavy (non-hydrogen) atoms. The van der Waals surface area contributed by atoms with Crippen molar-refractivity contribution in [1.82, 2.24) is 10.2 Å². The fraction of sp³-hybridized carbons (Fsp3) is 0.882. The molecule has 3 aliphatic rings. The molecule has 2 heterocycles. The number of nitrogens with one attached hydrogen (secondary N) is 1. The Morgan fingerprint density at radius 3 is 2.00 bits per heavy atom. The van der Waals surface area contributed by atoms with Crippen LogP contribution in [-0.4, -0.2) is 31.1 Å². The zero-order valence-electron chi connectivity index (χ0n) is 13.2. The largest absolute Gasteiger partial charge is 0.375 e. The van der Waals surface area contributed by atoms with E-state index in [0.717, 1.165) is 0 Å². The molecule has 3 rings (SSSR count). The van der Waals surface area contributed by atoms with Gasteiger partial charge in [0.05, 0.1) is 0 Å². The van der Waals surface area contributed by atoms with Crippen molar-refractivity contribution in [3.63, 3.8) is 0 Å². The fourth-order valence-electron chi connectivity index (χ4n) is 2.74. The molecule has 0 bridgehead atoms. The number of nitrogens with zero attached hydrogens (tertiary/aromatic N) is 1. The van der Waals surface area contributed by atoms with Gasteiger partial charge < -0.3 is 10.2 Å². The molecule has 1 N–H and O–H groups in total. The minimum absolute atomic E-state index is 1.25. The lowest BCUT2D eigenvalue weighted by atomic mass is 10.0. The van der Waals surface area contributed by atoms with Crippen LogP contribution in [0.1, 0.15) is 71.6 Å². The molecule has 0 amide bonds. The number of rotatable bonds is 1. The molecule has 0 saturated carbocycles. The fourth-order valence-corrected chi connectivity index (χ4v) is 2.74. The normalized spacial score (nSPS) is 22.0. The van der Waals surface area contributed by atoms with Gasteiger partial charge in [-0.3, -0.25) is 0 Å². The third kappa shape index (κ3) is 7.61. The van der Waals surface area contributed by atoms with Gasteiger partial charge in [-0.1, -0.05) is 26.3 Å². The Morgan fingerprint density at radius 1 is 0.947 bits per heavy atom. The molecule has 2 fully saturated rings. The third-order valence-corrected chi connectivity index (χ3v) is 3.74. The molecule has 0 radical (unpaired) electrons. The van der Waals surface area contributed by atoms with Crippen LogP contribution < -0.4 is 5.32 Å². The Balaban J connectivity index is 0.000000188. The summed E-state index contributed by atoms with van der Waals surface area (Å²) in [5.41, 5.74) is 1.65. The second-order valence-electron chi connectivity index (χ2n) is 5.80. The van der Waals surface area contributed by atoms with Crippen molar-refractivity contribution in [3.05, 3.63) is 11.8 Å². The van der Waals surface area contributed by atoms with Gasteiger partial charge in [-0.2, -0.15) is 0 Å². The Hall–Kier alpha value is -0.500. The maximum atomic E-state index is 3.22. The monoisotopic (exact) mass is 266 g/mol. The highest BCUT2D eigenvalue weighted by Crippen LogP contribution is 2.23. The summed E-state index contributed by atoms with van der Waals surface area (Å²) in [6, 6.07) is 0. The molecule has 0 aromatic carbocycles. The number of hydrogen-bond acceptors (Lipinski definition) is 2. The van der Waals surface area contributed by atoms with Gasteiger partial charge in [0.1, 0.15) is 0 Å². The molecular formula is C17H34N2. The predicted molar refractivity (Wildman–Crippen MR) is 85.4 cm³/mol. The maximum Gasteiger partial charge on any atom is 0.0175 e. The van der Waals surface area contributed by atoms with E-state index in [1.165, 1.54) is 84.0 Å². The molecule has 2 aliphatic heterocycles. The molecule has 2 saturated heterocycles. The first-order chi connectivity index (χ1) is 9.38. The lowest BCUT2D eigenvalue weighted by Crippen LogP contribution is -2.19. The summed E-state index contributed by atoms with van der Waals surface area (Å²) in [6.45, 7) is 9.40. The lowest BCUT2D eigenvalue weighted by molar-refractivity contribution is 0.392. The van der Waals surface area contributed by atoms with Crippen molar-refractivity contribution in [2.75, 3.05) is 26.2 Å². The van der Waals surface area contributed by atoms with E-state index < -0.39 is 0 Å². The van der Waals surface area contributed by atoms with Crippen LogP contribution >= 0.6 is 0 Å². The Kier molecular flexibility index (Phi) is 9.88. The first kappa shape index (κ1) is 16.6. The van der Waals surface area contributed by atoms with Crippen LogP contribution in [0.3, 0.4) is 0 Å².